The van der Waals surface area contributed by atoms with Gasteiger partial charge >= 0.3 is 65.6 Å². The summed E-state index contributed by atoms with van der Waals surface area (Å²) in [4.78, 5) is 0. The molecule has 0 aromatic rings. The van der Waals surface area contributed by atoms with Crippen molar-refractivity contribution < 1.29 is 42.2 Å². The van der Waals surface area contributed by atoms with Crippen LogP contribution in [-0.4, -0.2) is 0 Å². The van der Waals surface area contributed by atoms with Gasteiger partial charge in [0.15, 0.2) is 0 Å². The van der Waals surface area contributed by atoms with E-state index < -0.39 is 0 Å². The van der Waals surface area contributed by atoms with Gasteiger partial charge in [0.1, 0.15) is 0 Å². The van der Waals surface area contributed by atoms with Gasteiger partial charge in [0.2, 0.25) is 0 Å². The van der Waals surface area contributed by atoms with Crippen molar-refractivity contribution in [2.45, 2.75) is 20.3 Å². The molecule has 0 nitrogen and oxygen atoms in total. The number of allylic oxidation sites excluding steroid dienone is 4. The molecule has 62 valence electrons. The van der Waals surface area contributed by atoms with Crippen LogP contribution in [0.25, 0.3) is 0 Å². The quantitative estimate of drug-likeness (QED) is 0.436. The molecule has 0 atom stereocenters. The van der Waals surface area contributed by atoms with Crippen LogP contribution in [0.15, 0.2) is 22.0 Å². The van der Waals surface area contributed by atoms with Crippen LogP contribution >= 0.6 is 0 Å². The summed E-state index contributed by atoms with van der Waals surface area (Å²) < 4.78 is 1.48. The van der Waals surface area contributed by atoms with E-state index in [2.05, 4.69) is 43.4 Å². The Bertz CT molecular complexity index is 171. The molecule has 0 aromatic carbocycles. The second-order valence-electron chi connectivity index (χ2n) is 2.66. The Balaban J connectivity index is 0. The van der Waals surface area contributed by atoms with Gasteiger partial charge < -0.3 is 24.8 Å². The molecule has 3 heteroatoms. The van der Waals surface area contributed by atoms with Crippen LogP contribution in [0.1, 0.15) is 20.3 Å². The first kappa shape index (κ1) is 14.2. The summed E-state index contributed by atoms with van der Waals surface area (Å²) in [7, 11) is 0. The van der Waals surface area contributed by atoms with E-state index in [0.717, 1.165) is 6.42 Å². The standard InChI is InChI=1S/C8H11.2ClH.V/c1-7(2)8-5-3-4-6-8;;;/h3,5,7H,4H2,1-2H3;2*1H;/q;;;+2/p-2. The van der Waals surface area contributed by atoms with Crippen LogP contribution in [0.3, 0.4) is 0 Å². The Labute approximate surface area is 90.3 Å². The predicted octanol–water partition coefficient (Wildman–Crippen LogP) is -3.59. The third kappa shape index (κ3) is 3.71. The van der Waals surface area contributed by atoms with E-state index in [1.165, 1.54) is 9.86 Å². The zero-order valence-corrected chi connectivity index (χ0v) is 9.55. The zero-order chi connectivity index (χ0) is 6.85. The van der Waals surface area contributed by atoms with Crippen molar-refractivity contribution in [1.82, 2.24) is 0 Å². The van der Waals surface area contributed by atoms with Gasteiger partial charge in [0.05, 0.1) is 0 Å². The van der Waals surface area contributed by atoms with Crippen LogP contribution in [0, 0.1) is 5.92 Å². The number of hydrogen-bond acceptors (Lipinski definition) is 0. The maximum atomic E-state index is 2.65. The third-order valence-corrected chi connectivity index (χ3v) is 2.25. The van der Waals surface area contributed by atoms with E-state index in [1.54, 1.807) is 0 Å². The first-order chi connectivity index (χ1) is 4.22. The Kier molecular flexibility index (Phi) is 7.99. The van der Waals surface area contributed by atoms with Crippen molar-refractivity contribution in [2.24, 2.45) is 5.92 Å². The predicted molar refractivity (Wildman–Crippen MR) is 35.6 cm³/mol. The Morgan fingerprint density at radius 3 is 2.09 bits per heavy atom. The number of rotatable bonds is 1. The summed E-state index contributed by atoms with van der Waals surface area (Å²) in [6, 6.07) is 0. The zero-order valence-electron chi connectivity index (χ0n) is 6.64. The maximum Gasteiger partial charge on any atom is -1.00 e. The van der Waals surface area contributed by atoms with Gasteiger partial charge in [-0.25, -0.2) is 0 Å². The summed E-state index contributed by atoms with van der Waals surface area (Å²) >= 11 is 2.65. The molecule has 0 saturated carbocycles. The Hall–Kier alpha value is 0.644. The van der Waals surface area contributed by atoms with Crippen molar-refractivity contribution in [2.75, 3.05) is 0 Å². The second-order valence-corrected chi connectivity index (χ2v) is 3.51. The number of hydrogen-bond donors (Lipinski definition) is 0. The molecule has 0 radical (unpaired) electrons. The minimum atomic E-state index is 0. The first-order valence-electron chi connectivity index (χ1n) is 3.30. The maximum absolute atomic E-state index is 2.65. The van der Waals surface area contributed by atoms with Gasteiger partial charge in [-0.15, -0.1) is 0 Å². The summed E-state index contributed by atoms with van der Waals surface area (Å²) in [6.45, 7) is 4.47. The topological polar surface area (TPSA) is 0 Å². The number of halogens is 2. The van der Waals surface area contributed by atoms with Gasteiger partial charge in [-0.1, -0.05) is 0 Å². The molecule has 0 aromatic heterocycles. The average molecular weight is 229 g/mol. The Morgan fingerprint density at radius 2 is 1.91 bits per heavy atom. The van der Waals surface area contributed by atoms with Gasteiger partial charge in [0, 0.05) is 0 Å². The second kappa shape index (κ2) is 6.19. The molecule has 1 aliphatic carbocycles. The van der Waals surface area contributed by atoms with E-state index in [-0.39, 0.29) is 24.8 Å². The minimum absolute atomic E-state index is 0. The van der Waals surface area contributed by atoms with Crippen LogP contribution in [0.2, 0.25) is 0 Å². The smallest absolute Gasteiger partial charge is 1.00 e. The average Bonchev–Trinajstić information content (AvgIpc) is 2.13. The molecule has 0 amide bonds. The SMILES string of the molecule is CC(C)C1=[C]([V+2])CC=C1.[Cl-].[Cl-]. The Morgan fingerprint density at radius 1 is 1.36 bits per heavy atom. The molecular formula is C8H11Cl2V. The first-order valence-corrected chi connectivity index (χ1v) is 4.00. The molecule has 1 aliphatic rings. The molecule has 0 N–H and O–H groups in total. The van der Waals surface area contributed by atoms with Crippen molar-refractivity contribution in [1.29, 1.82) is 0 Å². The monoisotopic (exact) mass is 228 g/mol. The minimum Gasteiger partial charge on any atom is -1.00 e. The van der Waals surface area contributed by atoms with Gasteiger partial charge in [-0.3, -0.25) is 0 Å². The van der Waals surface area contributed by atoms with Gasteiger partial charge in [-0.05, 0) is 0 Å². The van der Waals surface area contributed by atoms with Crippen molar-refractivity contribution in [3.8, 4) is 0 Å². The third-order valence-electron chi connectivity index (χ3n) is 1.56. The molecular weight excluding hydrogens is 218 g/mol. The van der Waals surface area contributed by atoms with Crippen LogP contribution < -0.4 is 24.8 Å². The van der Waals surface area contributed by atoms with E-state index in [0.29, 0.717) is 5.92 Å². The molecule has 11 heavy (non-hydrogen) atoms. The molecule has 0 fully saturated rings. The molecule has 0 spiro atoms. The summed E-state index contributed by atoms with van der Waals surface area (Å²) in [5.74, 6) is 0.696. The van der Waals surface area contributed by atoms with Gasteiger partial charge in [-0.2, -0.15) is 0 Å². The molecule has 1 rings (SSSR count). The van der Waals surface area contributed by atoms with E-state index in [4.69, 9.17) is 0 Å². The normalized spacial score (nSPS) is 14.7. The largest absolute Gasteiger partial charge is 1.00 e. The van der Waals surface area contributed by atoms with Crippen LogP contribution in [-0.2, 0) is 17.4 Å². The van der Waals surface area contributed by atoms with Gasteiger partial charge in [0.25, 0.3) is 0 Å². The van der Waals surface area contributed by atoms with Crippen molar-refractivity contribution in [3.05, 3.63) is 22.0 Å². The van der Waals surface area contributed by atoms with E-state index in [9.17, 15) is 0 Å². The van der Waals surface area contributed by atoms with Crippen molar-refractivity contribution in [3.63, 3.8) is 0 Å². The molecule has 0 heterocycles. The molecule has 0 bridgehead atoms. The summed E-state index contributed by atoms with van der Waals surface area (Å²) in [5, 5.41) is 0. The summed E-state index contributed by atoms with van der Waals surface area (Å²) in [5.41, 5.74) is 1.51. The fraction of sp³-hybridized carbons (Fsp3) is 0.500. The molecule has 0 aliphatic heterocycles. The van der Waals surface area contributed by atoms with E-state index >= 15 is 0 Å². The molecule has 0 unspecified atom stereocenters. The van der Waals surface area contributed by atoms with Crippen LogP contribution in [0.4, 0.5) is 0 Å². The summed E-state index contributed by atoms with van der Waals surface area (Å²) in [6.07, 6.45) is 5.61. The van der Waals surface area contributed by atoms with Crippen molar-refractivity contribution >= 4 is 0 Å². The molecule has 0 saturated heterocycles. The van der Waals surface area contributed by atoms with E-state index in [1.807, 2.05) is 0 Å². The fourth-order valence-corrected chi connectivity index (χ4v) is 1.72. The fourth-order valence-electron chi connectivity index (χ4n) is 1.04. The van der Waals surface area contributed by atoms with Crippen LogP contribution in [0.5, 0.6) is 0 Å².